The molecule has 98 valence electrons. The first-order valence-electron chi connectivity index (χ1n) is 6.56. The van der Waals surface area contributed by atoms with Gasteiger partial charge in [-0.1, -0.05) is 36.4 Å². The number of carbonyl (C=O) groups excluding carboxylic acids is 1. The molecule has 3 rings (SSSR count). The van der Waals surface area contributed by atoms with Crippen LogP contribution in [-0.4, -0.2) is 34.6 Å². The van der Waals surface area contributed by atoms with Gasteiger partial charge in [0, 0.05) is 18.7 Å². The molecule has 1 N–H and O–H groups in total. The van der Waals surface area contributed by atoms with Crippen molar-refractivity contribution in [3.05, 3.63) is 48.0 Å². The third-order valence-electron chi connectivity index (χ3n) is 3.76. The number of rotatable bonds is 1. The normalized spacial score (nSPS) is 22.9. The van der Waals surface area contributed by atoms with Gasteiger partial charge < -0.3 is 10.0 Å². The summed E-state index contributed by atoms with van der Waals surface area (Å²) in [6.07, 6.45) is 0.642. The van der Waals surface area contributed by atoms with Crippen LogP contribution in [0.2, 0.25) is 0 Å². The molecule has 1 unspecified atom stereocenters. The Morgan fingerprint density at radius 2 is 1.95 bits per heavy atom. The van der Waals surface area contributed by atoms with Gasteiger partial charge >= 0.3 is 0 Å². The lowest BCUT2D eigenvalue weighted by Gasteiger charge is -2.19. The first-order chi connectivity index (χ1) is 9.07. The lowest BCUT2D eigenvalue weighted by molar-refractivity contribution is 0.0573. The SMILES string of the molecule is CC1(O)CCN(C(=O)c2cccc3ccccc23)C1. The molecule has 0 bridgehead atoms. The highest BCUT2D eigenvalue weighted by Crippen LogP contribution is 2.25. The van der Waals surface area contributed by atoms with Crippen LogP contribution in [0.5, 0.6) is 0 Å². The zero-order valence-corrected chi connectivity index (χ0v) is 11.0. The lowest BCUT2D eigenvalue weighted by atomic mass is 10.0. The Bertz CT molecular complexity index is 628. The highest BCUT2D eigenvalue weighted by atomic mass is 16.3. The first-order valence-corrected chi connectivity index (χ1v) is 6.56. The second kappa shape index (κ2) is 4.35. The summed E-state index contributed by atoms with van der Waals surface area (Å²) in [5, 5.41) is 12.0. The molecule has 1 aliphatic rings. The number of amides is 1. The molecule has 3 heteroatoms. The van der Waals surface area contributed by atoms with Crippen LogP contribution < -0.4 is 0 Å². The number of β-amino-alcohol motifs (C(OH)–C–C–N with tert-alkyl or cyclic N) is 1. The number of nitrogens with zero attached hydrogens (tertiary/aromatic N) is 1. The maximum Gasteiger partial charge on any atom is 0.254 e. The quantitative estimate of drug-likeness (QED) is 0.850. The predicted molar refractivity (Wildman–Crippen MR) is 75.1 cm³/mol. The van der Waals surface area contributed by atoms with Gasteiger partial charge in [0.1, 0.15) is 0 Å². The number of hydrogen-bond donors (Lipinski definition) is 1. The van der Waals surface area contributed by atoms with E-state index in [-0.39, 0.29) is 5.91 Å². The van der Waals surface area contributed by atoms with Crippen LogP contribution >= 0.6 is 0 Å². The monoisotopic (exact) mass is 255 g/mol. The summed E-state index contributed by atoms with van der Waals surface area (Å²) in [7, 11) is 0. The Morgan fingerprint density at radius 1 is 1.21 bits per heavy atom. The minimum Gasteiger partial charge on any atom is -0.388 e. The van der Waals surface area contributed by atoms with Crippen molar-refractivity contribution in [2.45, 2.75) is 18.9 Å². The predicted octanol–water partition coefficient (Wildman–Crippen LogP) is 2.44. The molecule has 0 spiro atoms. The van der Waals surface area contributed by atoms with Gasteiger partial charge in [0.2, 0.25) is 0 Å². The third-order valence-corrected chi connectivity index (χ3v) is 3.76. The maximum absolute atomic E-state index is 12.6. The van der Waals surface area contributed by atoms with Gasteiger partial charge in [-0.05, 0) is 30.2 Å². The number of carbonyl (C=O) groups is 1. The Hall–Kier alpha value is -1.87. The van der Waals surface area contributed by atoms with Crippen molar-refractivity contribution in [2.24, 2.45) is 0 Å². The van der Waals surface area contributed by atoms with Crippen molar-refractivity contribution in [3.8, 4) is 0 Å². The lowest BCUT2D eigenvalue weighted by Crippen LogP contribution is -2.33. The van der Waals surface area contributed by atoms with E-state index >= 15 is 0 Å². The molecule has 1 amide bonds. The van der Waals surface area contributed by atoms with E-state index in [1.54, 1.807) is 11.8 Å². The summed E-state index contributed by atoms with van der Waals surface area (Å²) < 4.78 is 0. The number of fused-ring (bicyclic) bond motifs is 1. The Kier molecular flexibility index (Phi) is 2.79. The first kappa shape index (κ1) is 12.2. The second-order valence-corrected chi connectivity index (χ2v) is 5.50. The largest absolute Gasteiger partial charge is 0.388 e. The Balaban J connectivity index is 1.99. The van der Waals surface area contributed by atoms with Crippen molar-refractivity contribution in [2.75, 3.05) is 13.1 Å². The van der Waals surface area contributed by atoms with Gasteiger partial charge in [-0.25, -0.2) is 0 Å². The zero-order valence-electron chi connectivity index (χ0n) is 11.0. The van der Waals surface area contributed by atoms with Crippen molar-refractivity contribution in [1.82, 2.24) is 4.90 Å². The molecule has 0 aromatic heterocycles. The van der Waals surface area contributed by atoms with Crippen molar-refractivity contribution >= 4 is 16.7 Å². The highest BCUT2D eigenvalue weighted by molar-refractivity contribution is 6.07. The minimum atomic E-state index is -0.750. The second-order valence-electron chi connectivity index (χ2n) is 5.50. The summed E-state index contributed by atoms with van der Waals surface area (Å²) in [4.78, 5) is 14.3. The number of likely N-dealkylation sites (tertiary alicyclic amines) is 1. The van der Waals surface area contributed by atoms with Gasteiger partial charge in [0.25, 0.3) is 5.91 Å². The van der Waals surface area contributed by atoms with E-state index in [0.717, 1.165) is 16.3 Å². The molecule has 1 saturated heterocycles. The van der Waals surface area contributed by atoms with Crippen molar-refractivity contribution < 1.29 is 9.90 Å². The van der Waals surface area contributed by atoms with E-state index < -0.39 is 5.60 Å². The molecule has 1 aliphatic heterocycles. The zero-order chi connectivity index (χ0) is 13.5. The van der Waals surface area contributed by atoms with Crippen LogP contribution in [0.1, 0.15) is 23.7 Å². The van der Waals surface area contributed by atoms with E-state index in [9.17, 15) is 9.90 Å². The van der Waals surface area contributed by atoms with Crippen molar-refractivity contribution in [1.29, 1.82) is 0 Å². The molecular weight excluding hydrogens is 238 g/mol. The Labute approximate surface area is 112 Å². The third kappa shape index (κ3) is 2.22. The average Bonchev–Trinajstić information content (AvgIpc) is 2.78. The van der Waals surface area contributed by atoms with Gasteiger partial charge in [0.15, 0.2) is 0 Å². The van der Waals surface area contributed by atoms with E-state index in [2.05, 4.69) is 0 Å². The molecule has 1 heterocycles. The molecule has 0 saturated carbocycles. The van der Waals surface area contributed by atoms with Gasteiger partial charge in [0.05, 0.1) is 5.60 Å². The maximum atomic E-state index is 12.6. The van der Waals surface area contributed by atoms with E-state index in [1.807, 2.05) is 42.5 Å². The van der Waals surface area contributed by atoms with Crippen LogP contribution in [0, 0.1) is 0 Å². The van der Waals surface area contributed by atoms with Gasteiger partial charge in [-0.3, -0.25) is 4.79 Å². The van der Waals surface area contributed by atoms with Crippen LogP contribution in [-0.2, 0) is 0 Å². The van der Waals surface area contributed by atoms with Gasteiger partial charge in [-0.2, -0.15) is 0 Å². The van der Waals surface area contributed by atoms with Crippen LogP contribution in [0.25, 0.3) is 10.8 Å². The van der Waals surface area contributed by atoms with Gasteiger partial charge in [-0.15, -0.1) is 0 Å². The van der Waals surface area contributed by atoms with E-state index in [1.165, 1.54) is 0 Å². The molecule has 3 nitrogen and oxygen atoms in total. The fraction of sp³-hybridized carbons (Fsp3) is 0.312. The molecule has 2 aromatic rings. The summed E-state index contributed by atoms with van der Waals surface area (Å²) in [6.45, 7) is 2.81. The van der Waals surface area contributed by atoms with Crippen LogP contribution in [0.4, 0.5) is 0 Å². The molecule has 19 heavy (non-hydrogen) atoms. The van der Waals surface area contributed by atoms with Crippen LogP contribution in [0.15, 0.2) is 42.5 Å². The summed E-state index contributed by atoms with van der Waals surface area (Å²) in [5.41, 5.74) is -0.0314. The standard InChI is InChI=1S/C16H17NO2/c1-16(19)9-10-17(11-16)15(18)14-8-4-6-12-5-2-3-7-13(12)14/h2-8,19H,9-11H2,1H3. The molecule has 1 atom stereocenters. The smallest absolute Gasteiger partial charge is 0.254 e. The Morgan fingerprint density at radius 3 is 2.68 bits per heavy atom. The minimum absolute atomic E-state index is 0.00887. The van der Waals surface area contributed by atoms with Crippen molar-refractivity contribution in [3.63, 3.8) is 0 Å². The molecule has 0 radical (unpaired) electrons. The van der Waals surface area contributed by atoms with Crippen LogP contribution in [0.3, 0.4) is 0 Å². The summed E-state index contributed by atoms with van der Waals surface area (Å²) in [5.74, 6) is 0.00887. The number of hydrogen-bond acceptors (Lipinski definition) is 2. The molecule has 0 aliphatic carbocycles. The van der Waals surface area contributed by atoms with E-state index in [4.69, 9.17) is 0 Å². The average molecular weight is 255 g/mol. The molecule has 2 aromatic carbocycles. The molecule has 1 fully saturated rings. The highest BCUT2D eigenvalue weighted by Gasteiger charge is 2.34. The molecular formula is C16H17NO2. The number of benzene rings is 2. The topological polar surface area (TPSA) is 40.5 Å². The number of aliphatic hydroxyl groups is 1. The summed E-state index contributed by atoms with van der Waals surface area (Å²) in [6, 6.07) is 13.7. The summed E-state index contributed by atoms with van der Waals surface area (Å²) >= 11 is 0. The fourth-order valence-corrected chi connectivity index (χ4v) is 2.70. The fourth-order valence-electron chi connectivity index (χ4n) is 2.70. The van der Waals surface area contributed by atoms with E-state index in [0.29, 0.717) is 19.5 Å².